The minimum absolute atomic E-state index is 0.244. The summed E-state index contributed by atoms with van der Waals surface area (Å²) in [6, 6.07) is 6.23. The Labute approximate surface area is 168 Å². The molecule has 0 unspecified atom stereocenters. The Morgan fingerprint density at radius 1 is 1.04 bits per heavy atom. The van der Waals surface area contributed by atoms with Crippen molar-refractivity contribution in [3.8, 4) is 0 Å². The SMILES string of the molecule is CC[C@H]1CN([C@@H]2CCCCc3cc(C(F)(F)F)ccc32)[C@H](CC)CN1C(C)C. The average molecular weight is 397 g/mol. The van der Waals surface area contributed by atoms with E-state index in [2.05, 4.69) is 37.5 Å². The molecule has 28 heavy (non-hydrogen) atoms. The summed E-state index contributed by atoms with van der Waals surface area (Å²) in [5, 5.41) is 0. The van der Waals surface area contributed by atoms with Gasteiger partial charge in [0.05, 0.1) is 5.56 Å². The molecule has 0 aromatic heterocycles. The van der Waals surface area contributed by atoms with Crippen LogP contribution in [0.5, 0.6) is 0 Å². The minimum Gasteiger partial charge on any atom is -0.295 e. The summed E-state index contributed by atoms with van der Waals surface area (Å²) >= 11 is 0. The van der Waals surface area contributed by atoms with Crippen LogP contribution in [0, 0.1) is 0 Å². The molecule has 1 saturated heterocycles. The highest BCUT2D eigenvalue weighted by atomic mass is 19.4. The van der Waals surface area contributed by atoms with Gasteiger partial charge in [-0.05, 0) is 69.2 Å². The van der Waals surface area contributed by atoms with E-state index >= 15 is 0 Å². The second-order valence-electron chi connectivity index (χ2n) is 8.78. The fraction of sp³-hybridized carbons (Fsp3) is 0.739. The van der Waals surface area contributed by atoms with Crippen LogP contribution in [0.4, 0.5) is 13.2 Å². The number of benzene rings is 1. The fourth-order valence-corrected chi connectivity index (χ4v) is 5.21. The van der Waals surface area contributed by atoms with E-state index in [1.165, 1.54) is 12.1 Å². The van der Waals surface area contributed by atoms with Crippen molar-refractivity contribution in [1.29, 1.82) is 0 Å². The number of halogens is 3. The Kier molecular flexibility index (Phi) is 6.76. The third-order valence-corrected chi connectivity index (χ3v) is 6.79. The molecule has 0 bridgehead atoms. The zero-order valence-corrected chi connectivity index (χ0v) is 17.7. The van der Waals surface area contributed by atoms with Crippen LogP contribution in [0.1, 0.15) is 82.5 Å². The predicted molar refractivity (Wildman–Crippen MR) is 108 cm³/mol. The molecule has 0 N–H and O–H groups in total. The molecule has 1 aliphatic carbocycles. The molecule has 3 rings (SSSR count). The molecule has 1 aromatic carbocycles. The molecular formula is C23H35F3N2. The van der Waals surface area contributed by atoms with Gasteiger partial charge in [-0.15, -0.1) is 0 Å². The van der Waals surface area contributed by atoms with Crippen LogP contribution < -0.4 is 0 Å². The largest absolute Gasteiger partial charge is 0.416 e. The van der Waals surface area contributed by atoms with Crippen LogP contribution in [0.2, 0.25) is 0 Å². The summed E-state index contributed by atoms with van der Waals surface area (Å²) in [7, 11) is 0. The van der Waals surface area contributed by atoms with Gasteiger partial charge in [-0.2, -0.15) is 13.2 Å². The molecule has 1 aliphatic heterocycles. The Balaban J connectivity index is 1.94. The van der Waals surface area contributed by atoms with E-state index in [0.717, 1.165) is 62.7 Å². The van der Waals surface area contributed by atoms with Crippen LogP contribution in [-0.2, 0) is 12.6 Å². The number of alkyl halides is 3. The van der Waals surface area contributed by atoms with Crippen molar-refractivity contribution in [1.82, 2.24) is 9.80 Å². The number of rotatable bonds is 4. The molecule has 5 heteroatoms. The molecule has 0 radical (unpaired) electrons. The lowest BCUT2D eigenvalue weighted by Gasteiger charge is -2.51. The maximum Gasteiger partial charge on any atom is 0.416 e. The van der Waals surface area contributed by atoms with Crippen molar-refractivity contribution in [2.24, 2.45) is 0 Å². The van der Waals surface area contributed by atoms with E-state index in [1.54, 1.807) is 6.07 Å². The summed E-state index contributed by atoms with van der Waals surface area (Å²) in [5.74, 6) is 0. The van der Waals surface area contributed by atoms with Gasteiger partial charge in [0, 0.05) is 37.3 Å². The molecule has 0 amide bonds. The quantitative estimate of drug-likeness (QED) is 0.571. The van der Waals surface area contributed by atoms with Crippen molar-refractivity contribution in [2.75, 3.05) is 13.1 Å². The van der Waals surface area contributed by atoms with Crippen LogP contribution in [-0.4, -0.2) is 41.0 Å². The van der Waals surface area contributed by atoms with Crippen LogP contribution in [0.25, 0.3) is 0 Å². The number of hydrogen-bond donors (Lipinski definition) is 0. The zero-order valence-electron chi connectivity index (χ0n) is 17.7. The molecule has 1 aromatic rings. The lowest BCUT2D eigenvalue weighted by molar-refractivity contribution is -0.137. The minimum atomic E-state index is -4.26. The van der Waals surface area contributed by atoms with Gasteiger partial charge in [-0.3, -0.25) is 9.80 Å². The molecule has 2 aliphatic rings. The van der Waals surface area contributed by atoms with Gasteiger partial charge in [-0.25, -0.2) is 0 Å². The van der Waals surface area contributed by atoms with Gasteiger partial charge in [0.2, 0.25) is 0 Å². The van der Waals surface area contributed by atoms with Crippen LogP contribution in [0.3, 0.4) is 0 Å². The van der Waals surface area contributed by atoms with E-state index in [4.69, 9.17) is 0 Å². The first kappa shape index (κ1) is 21.6. The predicted octanol–water partition coefficient (Wildman–Crippen LogP) is 6.06. The maximum atomic E-state index is 13.2. The molecule has 0 spiro atoms. The third-order valence-electron chi connectivity index (χ3n) is 6.79. The summed E-state index contributed by atoms with van der Waals surface area (Å²) in [5.41, 5.74) is 1.54. The second kappa shape index (κ2) is 8.74. The lowest BCUT2D eigenvalue weighted by Crippen LogP contribution is -2.60. The Hall–Kier alpha value is -1.07. The van der Waals surface area contributed by atoms with E-state index in [1.807, 2.05) is 0 Å². The highest BCUT2D eigenvalue weighted by Gasteiger charge is 2.39. The first-order valence-electron chi connectivity index (χ1n) is 11.0. The topological polar surface area (TPSA) is 6.48 Å². The summed E-state index contributed by atoms with van der Waals surface area (Å²) in [6.45, 7) is 11.1. The normalized spacial score (nSPS) is 27.6. The van der Waals surface area contributed by atoms with Gasteiger partial charge in [0.25, 0.3) is 0 Å². The standard InChI is InChI=1S/C23H35F3N2/c1-5-19-15-28(20(6-2)14-27(19)16(3)4)22-10-8-7-9-17-13-18(23(24,25)26)11-12-21(17)22/h11-13,16,19-20,22H,5-10,14-15H2,1-4H3/t19-,20+,22+/m0/s1. The van der Waals surface area contributed by atoms with Crippen molar-refractivity contribution in [2.45, 2.75) is 96.6 Å². The Morgan fingerprint density at radius 3 is 2.36 bits per heavy atom. The highest BCUT2D eigenvalue weighted by molar-refractivity contribution is 5.37. The van der Waals surface area contributed by atoms with Crippen LogP contribution in [0.15, 0.2) is 18.2 Å². The summed E-state index contributed by atoms with van der Waals surface area (Å²) < 4.78 is 39.7. The molecule has 1 heterocycles. The molecular weight excluding hydrogens is 361 g/mol. The van der Waals surface area contributed by atoms with Gasteiger partial charge >= 0.3 is 6.18 Å². The Morgan fingerprint density at radius 2 is 1.75 bits per heavy atom. The maximum absolute atomic E-state index is 13.2. The highest BCUT2D eigenvalue weighted by Crippen LogP contribution is 2.40. The van der Waals surface area contributed by atoms with Gasteiger partial charge in [-0.1, -0.05) is 26.3 Å². The molecule has 0 saturated carbocycles. The van der Waals surface area contributed by atoms with Gasteiger partial charge in [0.1, 0.15) is 0 Å². The second-order valence-corrected chi connectivity index (χ2v) is 8.78. The summed E-state index contributed by atoms with van der Waals surface area (Å²) in [6.07, 6.45) is 1.79. The van der Waals surface area contributed by atoms with Gasteiger partial charge < -0.3 is 0 Å². The van der Waals surface area contributed by atoms with E-state index in [-0.39, 0.29) is 6.04 Å². The van der Waals surface area contributed by atoms with Crippen molar-refractivity contribution < 1.29 is 13.2 Å². The molecule has 2 nitrogen and oxygen atoms in total. The van der Waals surface area contributed by atoms with E-state index in [0.29, 0.717) is 18.1 Å². The van der Waals surface area contributed by atoms with Crippen LogP contribution >= 0.6 is 0 Å². The van der Waals surface area contributed by atoms with Crippen molar-refractivity contribution >= 4 is 0 Å². The molecule has 1 fully saturated rings. The number of nitrogens with zero attached hydrogens (tertiary/aromatic N) is 2. The lowest BCUT2D eigenvalue weighted by atomic mass is 9.91. The monoisotopic (exact) mass is 396 g/mol. The average Bonchev–Trinajstić information content (AvgIpc) is 2.87. The third kappa shape index (κ3) is 4.40. The fourth-order valence-electron chi connectivity index (χ4n) is 5.21. The molecule has 3 atom stereocenters. The van der Waals surface area contributed by atoms with Gasteiger partial charge in [0.15, 0.2) is 0 Å². The summed E-state index contributed by atoms with van der Waals surface area (Å²) in [4.78, 5) is 5.25. The van der Waals surface area contributed by atoms with E-state index in [9.17, 15) is 13.2 Å². The smallest absolute Gasteiger partial charge is 0.295 e. The number of fused-ring (bicyclic) bond motifs is 1. The first-order valence-corrected chi connectivity index (χ1v) is 11.0. The van der Waals surface area contributed by atoms with Crippen molar-refractivity contribution in [3.05, 3.63) is 34.9 Å². The van der Waals surface area contributed by atoms with Crippen molar-refractivity contribution in [3.63, 3.8) is 0 Å². The number of aryl methyl sites for hydroxylation is 1. The number of piperazine rings is 1. The number of hydrogen-bond acceptors (Lipinski definition) is 2. The Bertz CT molecular complexity index is 656. The zero-order chi connectivity index (χ0) is 20.5. The molecule has 158 valence electrons. The first-order chi connectivity index (χ1) is 13.3. The van der Waals surface area contributed by atoms with E-state index < -0.39 is 11.7 Å².